The Morgan fingerprint density at radius 1 is 0.851 bits per heavy atom. The highest BCUT2D eigenvalue weighted by molar-refractivity contribution is 9.10. The summed E-state index contributed by atoms with van der Waals surface area (Å²) < 4.78 is 41.5. The van der Waals surface area contributed by atoms with Gasteiger partial charge >= 0.3 is 0 Å². The lowest BCUT2D eigenvalue weighted by Crippen LogP contribution is -2.54. The Morgan fingerprint density at radius 2 is 1.49 bits per heavy atom. The highest BCUT2D eigenvalue weighted by Gasteiger charge is 2.36. The molecule has 0 aliphatic heterocycles. The predicted octanol–water partition coefficient (Wildman–Crippen LogP) is 6.22. The van der Waals surface area contributed by atoms with E-state index < -0.39 is 28.5 Å². The molecule has 0 aliphatic carbocycles. The van der Waals surface area contributed by atoms with Crippen molar-refractivity contribution in [2.45, 2.75) is 50.2 Å². The van der Waals surface area contributed by atoms with Crippen LogP contribution < -0.4 is 19.1 Å². The molecule has 0 saturated heterocycles. The molecule has 4 aromatic carbocycles. The van der Waals surface area contributed by atoms with E-state index >= 15 is 0 Å². The van der Waals surface area contributed by atoms with Crippen molar-refractivity contribution in [3.8, 4) is 11.5 Å². The molecule has 0 saturated carbocycles. The van der Waals surface area contributed by atoms with Gasteiger partial charge in [0.25, 0.3) is 10.0 Å². The number of nitrogens with one attached hydrogen (secondary N) is 1. The van der Waals surface area contributed by atoms with Crippen molar-refractivity contribution in [3.05, 3.63) is 119 Å². The van der Waals surface area contributed by atoms with Crippen LogP contribution in [0.15, 0.2) is 112 Å². The zero-order valence-electron chi connectivity index (χ0n) is 26.9. The number of nitrogens with zero attached hydrogens (tertiary/aromatic N) is 2. The molecule has 0 aromatic heterocycles. The summed E-state index contributed by atoms with van der Waals surface area (Å²) in [6.07, 6.45) is 0.919. The van der Waals surface area contributed by atoms with Gasteiger partial charge in [-0.3, -0.25) is 13.9 Å². The van der Waals surface area contributed by atoms with Gasteiger partial charge in [0.2, 0.25) is 11.8 Å². The number of sulfonamides is 1. The third-order valence-electron chi connectivity index (χ3n) is 7.80. The van der Waals surface area contributed by atoms with E-state index in [0.29, 0.717) is 12.2 Å². The van der Waals surface area contributed by atoms with Crippen LogP contribution in [0.2, 0.25) is 0 Å². The standard InChI is InChI=1S/C36H40BrN3O6S/c1-5-26(2)38-36(42)33(22-27-12-8-6-9-13-27)39(24-28-16-18-29(37)19-17-28)35(41)25-40(47(43,44)31-14-10-7-11-15-31)32-23-30(45-3)20-21-34(32)46-4/h6-21,23,26,33H,5,22,24-25H2,1-4H3,(H,38,42)/t26-,33+/m0/s1. The Balaban J connectivity index is 1.86. The predicted molar refractivity (Wildman–Crippen MR) is 187 cm³/mol. The van der Waals surface area contributed by atoms with E-state index in [0.717, 1.165) is 19.9 Å². The molecule has 2 atom stereocenters. The van der Waals surface area contributed by atoms with E-state index in [4.69, 9.17) is 9.47 Å². The third-order valence-corrected chi connectivity index (χ3v) is 10.1. The van der Waals surface area contributed by atoms with Gasteiger partial charge in [-0.2, -0.15) is 0 Å². The van der Waals surface area contributed by atoms with Crippen LogP contribution in [0.1, 0.15) is 31.4 Å². The molecule has 248 valence electrons. The van der Waals surface area contributed by atoms with Crippen molar-refractivity contribution in [1.82, 2.24) is 10.2 Å². The van der Waals surface area contributed by atoms with Gasteiger partial charge in [-0.25, -0.2) is 8.42 Å². The van der Waals surface area contributed by atoms with Crippen LogP contribution in [0.5, 0.6) is 11.5 Å². The number of benzene rings is 4. The number of carbonyl (C=O) groups excluding carboxylic acids is 2. The topological polar surface area (TPSA) is 105 Å². The molecule has 4 rings (SSSR count). The Hall–Kier alpha value is -4.35. The molecular formula is C36H40BrN3O6S. The Kier molecular flexibility index (Phi) is 12.4. The van der Waals surface area contributed by atoms with Crippen molar-refractivity contribution in [1.29, 1.82) is 0 Å². The summed E-state index contributed by atoms with van der Waals surface area (Å²) in [6, 6.07) is 28.4. The van der Waals surface area contributed by atoms with Crippen molar-refractivity contribution in [2.75, 3.05) is 25.1 Å². The number of carbonyl (C=O) groups is 2. The number of anilines is 1. The first-order valence-electron chi connectivity index (χ1n) is 15.2. The molecule has 1 N–H and O–H groups in total. The summed E-state index contributed by atoms with van der Waals surface area (Å²) in [5, 5.41) is 3.05. The van der Waals surface area contributed by atoms with E-state index in [-0.39, 0.29) is 41.2 Å². The minimum Gasteiger partial charge on any atom is -0.497 e. The van der Waals surface area contributed by atoms with Gasteiger partial charge < -0.3 is 19.7 Å². The molecule has 0 fully saturated rings. The fourth-order valence-electron chi connectivity index (χ4n) is 5.01. The normalized spacial score (nSPS) is 12.4. The first kappa shape index (κ1) is 35.5. The molecule has 0 unspecified atom stereocenters. The van der Waals surface area contributed by atoms with Gasteiger partial charge in [-0.05, 0) is 60.9 Å². The monoisotopic (exact) mass is 721 g/mol. The smallest absolute Gasteiger partial charge is 0.264 e. The molecule has 0 spiro atoms. The molecule has 0 heterocycles. The van der Waals surface area contributed by atoms with Crippen molar-refractivity contribution >= 4 is 43.5 Å². The fraction of sp³-hybridized carbons (Fsp3) is 0.278. The quantitative estimate of drug-likeness (QED) is 0.156. The molecule has 11 heteroatoms. The number of methoxy groups -OCH3 is 2. The largest absolute Gasteiger partial charge is 0.497 e. The lowest BCUT2D eigenvalue weighted by molar-refractivity contribution is -0.140. The van der Waals surface area contributed by atoms with Crippen molar-refractivity contribution in [3.63, 3.8) is 0 Å². The van der Waals surface area contributed by atoms with Gasteiger partial charge in [-0.15, -0.1) is 0 Å². The number of hydrogen-bond acceptors (Lipinski definition) is 6. The van der Waals surface area contributed by atoms with Crippen LogP contribution in [-0.4, -0.2) is 58.0 Å². The second-order valence-electron chi connectivity index (χ2n) is 11.0. The molecule has 0 aliphatic rings. The second-order valence-corrected chi connectivity index (χ2v) is 13.8. The number of rotatable bonds is 15. The summed E-state index contributed by atoms with van der Waals surface area (Å²) in [4.78, 5) is 30.1. The average molecular weight is 723 g/mol. The van der Waals surface area contributed by atoms with Gasteiger partial charge in [0.1, 0.15) is 24.1 Å². The molecule has 0 radical (unpaired) electrons. The Morgan fingerprint density at radius 3 is 2.09 bits per heavy atom. The maximum Gasteiger partial charge on any atom is 0.264 e. The summed E-state index contributed by atoms with van der Waals surface area (Å²) >= 11 is 3.46. The lowest BCUT2D eigenvalue weighted by Gasteiger charge is -2.34. The zero-order valence-corrected chi connectivity index (χ0v) is 29.3. The first-order chi connectivity index (χ1) is 22.6. The number of ether oxygens (including phenoxy) is 2. The number of amides is 2. The van der Waals surface area contributed by atoms with Gasteiger partial charge in [-0.1, -0.05) is 83.5 Å². The lowest BCUT2D eigenvalue weighted by atomic mass is 10.0. The van der Waals surface area contributed by atoms with E-state index in [1.165, 1.54) is 37.3 Å². The second kappa shape index (κ2) is 16.5. The highest BCUT2D eigenvalue weighted by Crippen LogP contribution is 2.36. The van der Waals surface area contributed by atoms with Crippen LogP contribution in [0.3, 0.4) is 0 Å². The van der Waals surface area contributed by atoms with Crippen LogP contribution in [0.4, 0.5) is 5.69 Å². The first-order valence-corrected chi connectivity index (χ1v) is 17.5. The molecular weight excluding hydrogens is 682 g/mol. The number of halogens is 1. The molecule has 4 aromatic rings. The van der Waals surface area contributed by atoms with Crippen molar-refractivity contribution < 1.29 is 27.5 Å². The van der Waals surface area contributed by atoms with Crippen molar-refractivity contribution in [2.24, 2.45) is 0 Å². The zero-order chi connectivity index (χ0) is 34.0. The maximum absolute atomic E-state index is 14.7. The minimum atomic E-state index is -4.30. The Bertz CT molecular complexity index is 1740. The highest BCUT2D eigenvalue weighted by atomic mass is 79.9. The van der Waals surface area contributed by atoms with Crippen LogP contribution in [0.25, 0.3) is 0 Å². The van der Waals surface area contributed by atoms with Crippen LogP contribution in [0, 0.1) is 0 Å². The molecule has 9 nitrogen and oxygen atoms in total. The molecule has 0 bridgehead atoms. The van der Waals surface area contributed by atoms with Crippen LogP contribution >= 0.6 is 15.9 Å². The van der Waals surface area contributed by atoms with E-state index in [1.54, 1.807) is 30.3 Å². The van der Waals surface area contributed by atoms with E-state index in [9.17, 15) is 18.0 Å². The van der Waals surface area contributed by atoms with E-state index in [1.807, 2.05) is 68.4 Å². The Labute approximate surface area is 285 Å². The van der Waals surface area contributed by atoms with Gasteiger partial charge in [0.05, 0.1) is 24.8 Å². The van der Waals surface area contributed by atoms with E-state index in [2.05, 4.69) is 21.2 Å². The minimum absolute atomic E-state index is 0.00696. The fourth-order valence-corrected chi connectivity index (χ4v) is 6.71. The average Bonchev–Trinajstić information content (AvgIpc) is 3.09. The van der Waals surface area contributed by atoms with Gasteiger partial charge in [0, 0.05) is 29.5 Å². The SMILES string of the molecule is CC[C@H](C)NC(=O)[C@@H](Cc1ccccc1)N(Cc1ccc(Br)cc1)C(=O)CN(c1cc(OC)ccc1OC)S(=O)(=O)c1ccccc1. The molecule has 47 heavy (non-hydrogen) atoms. The summed E-state index contributed by atoms with van der Waals surface area (Å²) in [6.45, 7) is 3.32. The van der Waals surface area contributed by atoms with Gasteiger partial charge in [0.15, 0.2) is 0 Å². The number of hydrogen-bond donors (Lipinski definition) is 1. The van der Waals surface area contributed by atoms with Crippen LogP contribution in [-0.2, 0) is 32.6 Å². The summed E-state index contributed by atoms with van der Waals surface area (Å²) in [5.41, 5.74) is 1.75. The molecule has 2 amide bonds. The summed E-state index contributed by atoms with van der Waals surface area (Å²) in [5.74, 6) is -0.293. The third kappa shape index (κ3) is 9.14. The summed E-state index contributed by atoms with van der Waals surface area (Å²) in [7, 11) is -1.41. The maximum atomic E-state index is 14.7.